The van der Waals surface area contributed by atoms with Gasteiger partial charge in [-0.05, 0) is 42.5 Å². The zero-order chi connectivity index (χ0) is 24.2. The van der Waals surface area contributed by atoms with Gasteiger partial charge in [0.2, 0.25) is 11.8 Å². The summed E-state index contributed by atoms with van der Waals surface area (Å²) < 4.78 is 24.7. The second-order valence-corrected chi connectivity index (χ2v) is 8.84. The number of nitrogens with one attached hydrogen (secondary N) is 1. The summed E-state index contributed by atoms with van der Waals surface area (Å²) in [7, 11) is 1.57. The number of pyridine rings is 1. The number of fused-ring (bicyclic) bond motifs is 1. The van der Waals surface area contributed by atoms with Crippen LogP contribution in [0.5, 0.6) is 5.88 Å². The van der Waals surface area contributed by atoms with Crippen LogP contribution in [0.15, 0.2) is 54.7 Å². The number of hydrogen-bond acceptors (Lipinski definition) is 8. The first-order valence-corrected chi connectivity index (χ1v) is 11.8. The minimum absolute atomic E-state index is 0.307. The lowest BCUT2D eigenvalue weighted by Gasteiger charge is -2.28. The third kappa shape index (κ3) is 5.28. The quantitative estimate of drug-likeness (QED) is 0.400. The highest BCUT2D eigenvalue weighted by Crippen LogP contribution is 2.35. The molecule has 1 N–H and O–H groups in total. The van der Waals surface area contributed by atoms with E-state index in [1.54, 1.807) is 25.4 Å². The first-order valence-electron chi connectivity index (χ1n) is 11.0. The number of rotatable bonds is 6. The molecule has 8 nitrogen and oxygen atoms in total. The lowest BCUT2D eigenvalue weighted by molar-refractivity contribution is -0.111. The van der Waals surface area contributed by atoms with Gasteiger partial charge in [0, 0.05) is 47.6 Å². The SMILES string of the molecule is COc1ccc(-c2nc(N3CCOCC3)c3sc(/C=C/C(=O)Nc4ccc(F)cc4)cc3n2)cn1. The Labute approximate surface area is 205 Å². The molecule has 0 radical (unpaired) electrons. The summed E-state index contributed by atoms with van der Waals surface area (Å²) in [6.07, 6.45) is 4.88. The maximum absolute atomic E-state index is 13.1. The predicted octanol–water partition coefficient (Wildman–Crippen LogP) is 4.39. The smallest absolute Gasteiger partial charge is 0.248 e. The van der Waals surface area contributed by atoms with E-state index in [1.807, 2.05) is 12.1 Å². The molecule has 0 spiro atoms. The van der Waals surface area contributed by atoms with Crippen LogP contribution >= 0.6 is 11.3 Å². The van der Waals surface area contributed by atoms with Crippen LogP contribution in [0.1, 0.15) is 4.88 Å². The molecule has 35 heavy (non-hydrogen) atoms. The largest absolute Gasteiger partial charge is 0.481 e. The molecule has 1 fully saturated rings. The number of methoxy groups -OCH3 is 1. The van der Waals surface area contributed by atoms with Crippen molar-refractivity contribution in [1.82, 2.24) is 15.0 Å². The number of thiophene rings is 1. The van der Waals surface area contributed by atoms with E-state index in [4.69, 9.17) is 19.4 Å². The molecule has 1 amide bonds. The van der Waals surface area contributed by atoms with Crippen LogP contribution in [0.4, 0.5) is 15.9 Å². The first-order chi connectivity index (χ1) is 17.1. The molecule has 1 aliphatic rings. The molecule has 1 aromatic carbocycles. The van der Waals surface area contributed by atoms with Crippen LogP contribution in [-0.4, -0.2) is 54.3 Å². The Morgan fingerprint density at radius 1 is 1.17 bits per heavy atom. The summed E-state index contributed by atoms with van der Waals surface area (Å²) in [5, 5.41) is 2.72. The molecule has 4 heterocycles. The Bertz CT molecular complexity index is 1370. The van der Waals surface area contributed by atoms with Gasteiger partial charge in [-0.25, -0.2) is 19.3 Å². The molecule has 0 atom stereocenters. The number of hydrogen-bond donors (Lipinski definition) is 1. The summed E-state index contributed by atoms with van der Waals surface area (Å²) in [6, 6.07) is 11.2. The van der Waals surface area contributed by atoms with E-state index in [2.05, 4.69) is 15.2 Å². The average Bonchev–Trinajstić information content (AvgIpc) is 3.32. The number of ether oxygens (including phenoxy) is 2. The van der Waals surface area contributed by atoms with Crippen LogP contribution in [0, 0.1) is 5.82 Å². The number of carbonyl (C=O) groups excluding carboxylic acids is 1. The van der Waals surface area contributed by atoms with Gasteiger partial charge in [-0.2, -0.15) is 0 Å². The Kier molecular flexibility index (Phi) is 6.64. The minimum atomic E-state index is -0.356. The molecule has 4 aromatic rings. The third-order valence-corrected chi connectivity index (χ3v) is 6.48. The topological polar surface area (TPSA) is 89.5 Å². The molecule has 0 unspecified atom stereocenters. The van der Waals surface area contributed by atoms with Gasteiger partial charge >= 0.3 is 0 Å². The van der Waals surface area contributed by atoms with Crippen molar-refractivity contribution in [3.05, 3.63) is 65.4 Å². The number of anilines is 2. The minimum Gasteiger partial charge on any atom is -0.481 e. The van der Waals surface area contributed by atoms with E-state index < -0.39 is 0 Å². The predicted molar refractivity (Wildman–Crippen MR) is 134 cm³/mol. The van der Waals surface area contributed by atoms with Crippen molar-refractivity contribution >= 4 is 45.0 Å². The molecule has 1 aliphatic heterocycles. The Balaban J connectivity index is 1.46. The molecular formula is C25H22FN5O3S. The number of amides is 1. The highest BCUT2D eigenvalue weighted by molar-refractivity contribution is 7.20. The number of halogens is 1. The number of nitrogens with zero attached hydrogens (tertiary/aromatic N) is 4. The van der Waals surface area contributed by atoms with Crippen LogP contribution in [0.2, 0.25) is 0 Å². The zero-order valence-electron chi connectivity index (χ0n) is 18.9. The van der Waals surface area contributed by atoms with Crippen molar-refractivity contribution in [2.45, 2.75) is 0 Å². The van der Waals surface area contributed by atoms with Gasteiger partial charge in [-0.1, -0.05) is 0 Å². The monoisotopic (exact) mass is 491 g/mol. The van der Waals surface area contributed by atoms with Crippen LogP contribution in [0.25, 0.3) is 27.7 Å². The maximum Gasteiger partial charge on any atom is 0.248 e. The standard InChI is InChI=1S/C25H22FN5O3S/c1-33-22-9-2-16(15-27-22)24-29-20-14-19(7-8-21(32)28-18-5-3-17(26)4-6-18)35-23(20)25(30-24)31-10-12-34-13-11-31/h2-9,14-15H,10-13H2,1H3,(H,28,32)/b8-7+. The molecule has 5 rings (SSSR count). The second kappa shape index (κ2) is 10.2. The number of carbonyl (C=O) groups is 1. The fourth-order valence-electron chi connectivity index (χ4n) is 3.64. The van der Waals surface area contributed by atoms with Gasteiger partial charge in [0.15, 0.2) is 11.6 Å². The summed E-state index contributed by atoms with van der Waals surface area (Å²) >= 11 is 1.52. The van der Waals surface area contributed by atoms with Gasteiger partial charge < -0.3 is 19.7 Å². The lowest BCUT2D eigenvalue weighted by Crippen LogP contribution is -2.36. The van der Waals surface area contributed by atoms with Crippen molar-refractivity contribution in [1.29, 1.82) is 0 Å². The fourth-order valence-corrected chi connectivity index (χ4v) is 4.66. The number of benzene rings is 1. The van der Waals surface area contributed by atoms with E-state index in [1.165, 1.54) is 41.7 Å². The van der Waals surface area contributed by atoms with Crippen molar-refractivity contribution in [3.8, 4) is 17.3 Å². The summed E-state index contributed by atoms with van der Waals surface area (Å²) in [4.78, 5) is 29.3. The Morgan fingerprint density at radius 3 is 2.69 bits per heavy atom. The second-order valence-electron chi connectivity index (χ2n) is 7.75. The van der Waals surface area contributed by atoms with Crippen molar-refractivity contribution in [2.24, 2.45) is 0 Å². The molecule has 0 bridgehead atoms. The number of aromatic nitrogens is 3. The van der Waals surface area contributed by atoms with E-state index in [9.17, 15) is 9.18 Å². The van der Waals surface area contributed by atoms with Gasteiger partial charge in [0.1, 0.15) is 5.82 Å². The zero-order valence-corrected chi connectivity index (χ0v) is 19.7. The fraction of sp³-hybridized carbons (Fsp3) is 0.200. The van der Waals surface area contributed by atoms with Crippen molar-refractivity contribution in [3.63, 3.8) is 0 Å². The highest BCUT2D eigenvalue weighted by atomic mass is 32.1. The van der Waals surface area contributed by atoms with Crippen LogP contribution < -0.4 is 15.0 Å². The lowest BCUT2D eigenvalue weighted by atomic mass is 10.2. The van der Waals surface area contributed by atoms with Crippen molar-refractivity contribution < 1.29 is 18.7 Å². The molecule has 3 aromatic heterocycles. The number of morpholine rings is 1. The van der Waals surface area contributed by atoms with E-state index in [-0.39, 0.29) is 11.7 Å². The average molecular weight is 492 g/mol. The van der Waals surface area contributed by atoms with Gasteiger partial charge in [-0.15, -0.1) is 11.3 Å². The Hall–Kier alpha value is -3.89. The van der Waals surface area contributed by atoms with Gasteiger partial charge in [0.05, 0.1) is 30.5 Å². The molecule has 1 saturated heterocycles. The summed E-state index contributed by atoms with van der Waals surface area (Å²) in [5.74, 6) is 1.26. The highest BCUT2D eigenvalue weighted by Gasteiger charge is 2.20. The molecule has 0 aliphatic carbocycles. The maximum atomic E-state index is 13.1. The van der Waals surface area contributed by atoms with Gasteiger partial charge in [0.25, 0.3) is 0 Å². The molecular weight excluding hydrogens is 469 g/mol. The normalized spacial score (nSPS) is 13.9. The van der Waals surface area contributed by atoms with E-state index in [0.717, 1.165) is 39.6 Å². The summed E-state index contributed by atoms with van der Waals surface area (Å²) in [5.41, 5.74) is 2.09. The first kappa shape index (κ1) is 22.9. The van der Waals surface area contributed by atoms with Gasteiger partial charge in [-0.3, -0.25) is 4.79 Å². The molecule has 178 valence electrons. The molecule has 10 heteroatoms. The van der Waals surface area contributed by atoms with Crippen molar-refractivity contribution in [2.75, 3.05) is 43.6 Å². The van der Waals surface area contributed by atoms with E-state index >= 15 is 0 Å². The van der Waals surface area contributed by atoms with E-state index in [0.29, 0.717) is 30.6 Å². The summed E-state index contributed by atoms with van der Waals surface area (Å²) in [6.45, 7) is 2.73. The Morgan fingerprint density at radius 2 is 1.97 bits per heavy atom. The molecule has 0 saturated carbocycles. The van der Waals surface area contributed by atoms with Crippen LogP contribution in [-0.2, 0) is 9.53 Å². The van der Waals surface area contributed by atoms with Crippen LogP contribution in [0.3, 0.4) is 0 Å². The third-order valence-electron chi connectivity index (χ3n) is 5.40.